The third kappa shape index (κ3) is 2.38. The first-order chi connectivity index (χ1) is 9.15. The van der Waals surface area contributed by atoms with Gasteiger partial charge >= 0.3 is 0 Å². The molecule has 3 atom stereocenters. The summed E-state index contributed by atoms with van der Waals surface area (Å²) in [6.45, 7) is 2.84. The Labute approximate surface area is 112 Å². The molecule has 0 spiro atoms. The first-order valence-electron chi connectivity index (χ1n) is 6.87. The number of ether oxygens (including phenoxy) is 1. The number of anilines is 1. The van der Waals surface area contributed by atoms with Crippen molar-refractivity contribution < 1.29 is 14.6 Å². The van der Waals surface area contributed by atoms with Crippen LogP contribution in [0.15, 0.2) is 18.2 Å². The smallest absolute Gasteiger partial charge is 0.224 e. The zero-order valence-electron chi connectivity index (χ0n) is 11.1. The molecule has 4 nitrogen and oxygen atoms in total. The Morgan fingerprint density at radius 3 is 3.00 bits per heavy atom. The standard InChI is InChI=1S/C15H19NO3/c1-9-6-7-19-15(9)14(18)11-2-4-12-10(8-11)3-5-13(17)16-12/h2,4,8-9,14-15,18H,3,5-7H2,1H3,(H,16,17). The molecule has 0 bridgehead atoms. The molecule has 1 fully saturated rings. The van der Waals surface area contributed by atoms with Crippen molar-refractivity contribution in [1.82, 2.24) is 0 Å². The fourth-order valence-corrected chi connectivity index (χ4v) is 2.90. The van der Waals surface area contributed by atoms with Gasteiger partial charge in [0.05, 0.1) is 6.10 Å². The molecule has 1 amide bonds. The molecular formula is C15H19NO3. The van der Waals surface area contributed by atoms with Crippen molar-refractivity contribution in [3.05, 3.63) is 29.3 Å². The minimum atomic E-state index is -0.583. The van der Waals surface area contributed by atoms with Gasteiger partial charge in [0.25, 0.3) is 0 Å². The van der Waals surface area contributed by atoms with Gasteiger partial charge in [-0.1, -0.05) is 19.1 Å². The van der Waals surface area contributed by atoms with Crippen molar-refractivity contribution in [1.29, 1.82) is 0 Å². The number of benzene rings is 1. The molecule has 2 aliphatic rings. The summed E-state index contributed by atoms with van der Waals surface area (Å²) in [6, 6.07) is 5.75. The fraction of sp³-hybridized carbons (Fsp3) is 0.533. The summed E-state index contributed by atoms with van der Waals surface area (Å²) in [5.74, 6) is 0.444. The lowest BCUT2D eigenvalue weighted by Crippen LogP contribution is -2.24. The van der Waals surface area contributed by atoms with Gasteiger partial charge in [0.15, 0.2) is 0 Å². The quantitative estimate of drug-likeness (QED) is 0.856. The molecule has 19 heavy (non-hydrogen) atoms. The summed E-state index contributed by atoms with van der Waals surface area (Å²) < 4.78 is 5.62. The second-order valence-electron chi connectivity index (χ2n) is 5.51. The van der Waals surface area contributed by atoms with E-state index in [1.807, 2.05) is 18.2 Å². The summed E-state index contributed by atoms with van der Waals surface area (Å²) in [7, 11) is 0. The normalized spacial score (nSPS) is 27.8. The van der Waals surface area contributed by atoms with Crippen LogP contribution in [-0.2, 0) is 16.0 Å². The lowest BCUT2D eigenvalue weighted by atomic mass is 9.92. The van der Waals surface area contributed by atoms with Crippen LogP contribution in [0.1, 0.15) is 37.0 Å². The highest BCUT2D eigenvalue weighted by atomic mass is 16.5. The minimum Gasteiger partial charge on any atom is -0.386 e. The van der Waals surface area contributed by atoms with Crippen LogP contribution in [0, 0.1) is 5.92 Å². The maximum Gasteiger partial charge on any atom is 0.224 e. The van der Waals surface area contributed by atoms with Crippen LogP contribution >= 0.6 is 0 Å². The van der Waals surface area contributed by atoms with E-state index in [0.29, 0.717) is 12.3 Å². The third-order valence-corrected chi connectivity index (χ3v) is 4.12. The van der Waals surface area contributed by atoms with Crippen molar-refractivity contribution in [2.24, 2.45) is 5.92 Å². The lowest BCUT2D eigenvalue weighted by Gasteiger charge is -2.24. The zero-order chi connectivity index (χ0) is 13.4. The maximum absolute atomic E-state index is 11.3. The number of carbonyl (C=O) groups is 1. The van der Waals surface area contributed by atoms with Crippen LogP contribution < -0.4 is 5.32 Å². The second kappa shape index (κ2) is 4.94. The molecule has 3 unspecified atom stereocenters. The van der Waals surface area contributed by atoms with Gasteiger partial charge in [-0.2, -0.15) is 0 Å². The first-order valence-corrected chi connectivity index (χ1v) is 6.87. The van der Waals surface area contributed by atoms with E-state index in [-0.39, 0.29) is 12.0 Å². The zero-order valence-corrected chi connectivity index (χ0v) is 11.1. The van der Waals surface area contributed by atoms with Crippen molar-refractivity contribution in [3.63, 3.8) is 0 Å². The number of hydrogen-bond acceptors (Lipinski definition) is 3. The van der Waals surface area contributed by atoms with Gasteiger partial charge in [-0.25, -0.2) is 0 Å². The highest BCUT2D eigenvalue weighted by Crippen LogP contribution is 2.33. The number of amides is 1. The monoisotopic (exact) mass is 261 g/mol. The number of aryl methyl sites for hydroxylation is 1. The summed E-state index contributed by atoms with van der Waals surface area (Å²) >= 11 is 0. The highest BCUT2D eigenvalue weighted by Gasteiger charge is 2.32. The van der Waals surface area contributed by atoms with Crippen LogP contribution in [-0.4, -0.2) is 23.7 Å². The van der Waals surface area contributed by atoms with E-state index in [2.05, 4.69) is 12.2 Å². The minimum absolute atomic E-state index is 0.0635. The predicted molar refractivity (Wildman–Crippen MR) is 71.9 cm³/mol. The summed E-state index contributed by atoms with van der Waals surface area (Å²) in [5.41, 5.74) is 2.85. The van der Waals surface area contributed by atoms with Crippen LogP contribution in [0.25, 0.3) is 0 Å². The van der Waals surface area contributed by atoms with Gasteiger partial charge in [-0.05, 0) is 36.0 Å². The Morgan fingerprint density at radius 1 is 1.42 bits per heavy atom. The first kappa shape index (κ1) is 12.6. The molecular weight excluding hydrogens is 242 g/mol. The number of hydrogen-bond donors (Lipinski definition) is 2. The van der Waals surface area contributed by atoms with Crippen LogP contribution in [0.4, 0.5) is 5.69 Å². The fourth-order valence-electron chi connectivity index (χ4n) is 2.90. The third-order valence-electron chi connectivity index (χ3n) is 4.12. The molecule has 2 heterocycles. The Hall–Kier alpha value is -1.39. The maximum atomic E-state index is 11.3. The van der Waals surface area contributed by atoms with Gasteiger partial charge in [-0.3, -0.25) is 4.79 Å². The molecule has 2 aliphatic heterocycles. The van der Waals surface area contributed by atoms with Gasteiger partial charge < -0.3 is 15.2 Å². The molecule has 102 valence electrons. The van der Waals surface area contributed by atoms with Crippen LogP contribution in [0.3, 0.4) is 0 Å². The molecule has 4 heteroatoms. The number of aliphatic hydroxyl groups is 1. The Balaban J connectivity index is 1.83. The van der Waals surface area contributed by atoms with Gasteiger partial charge in [-0.15, -0.1) is 0 Å². The molecule has 0 aromatic heterocycles. The lowest BCUT2D eigenvalue weighted by molar-refractivity contribution is -0.116. The van der Waals surface area contributed by atoms with E-state index in [9.17, 15) is 9.90 Å². The largest absolute Gasteiger partial charge is 0.386 e. The average molecular weight is 261 g/mol. The van der Waals surface area contributed by atoms with Gasteiger partial charge in [0.1, 0.15) is 6.10 Å². The van der Waals surface area contributed by atoms with Crippen LogP contribution in [0.5, 0.6) is 0 Å². The second-order valence-corrected chi connectivity index (χ2v) is 5.51. The van der Waals surface area contributed by atoms with E-state index >= 15 is 0 Å². The van der Waals surface area contributed by atoms with Crippen molar-refractivity contribution in [2.75, 3.05) is 11.9 Å². The summed E-state index contributed by atoms with van der Waals surface area (Å²) in [6.07, 6.45) is 1.56. The summed E-state index contributed by atoms with van der Waals surface area (Å²) in [5, 5.41) is 13.3. The molecule has 0 radical (unpaired) electrons. The van der Waals surface area contributed by atoms with Crippen LogP contribution in [0.2, 0.25) is 0 Å². The average Bonchev–Trinajstić information content (AvgIpc) is 2.83. The Bertz CT molecular complexity index is 500. The van der Waals surface area contributed by atoms with E-state index in [0.717, 1.165) is 36.3 Å². The number of nitrogens with one attached hydrogen (secondary N) is 1. The topological polar surface area (TPSA) is 58.6 Å². The van der Waals surface area contributed by atoms with Crippen molar-refractivity contribution in [3.8, 4) is 0 Å². The Kier molecular flexibility index (Phi) is 3.29. The molecule has 0 aliphatic carbocycles. The number of aliphatic hydroxyl groups excluding tert-OH is 1. The van der Waals surface area contributed by atoms with E-state index in [4.69, 9.17) is 4.74 Å². The van der Waals surface area contributed by atoms with E-state index in [1.54, 1.807) is 0 Å². The Morgan fingerprint density at radius 2 is 2.26 bits per heavy atom. The molecule has 1 aromatic rings. The molecule has 3 rings (SSSR count). The van der Waals surface area contributed by atoms with Crippen molar-refractivity contribution in [2.45, 2.75) is 38.4 Å². The number of carbonyl (C=O) groups excluding carboxylic acids is 1. The molecule has 1 saturated heterocycles. The van der Waals surface area contributed by atoms with Gasteiger partial charge in [0.2, 0.25) is 5.91 Å². The molecule has 1 aromatic carbocycles. The summed E-state index contributed by atoms with van der Waals surface area (Å²) in [4.78, 5) is 11.3. The molecule has 0 saturated carbocycles. The van der Waals surface area contributed by atoms with Crippen molar-refractivity contribution >= 4 is 11.6 Å². The number of fused-ring (bicyclic) bond motifs is 1. The highest BCUT2D eigenvalue weighted by molar-refractivity contribution is 5.93. The predicted octanol–water partition coefficient (Wildman–Crippen LogP) is 2.03. The van der Waals surface area contributed by atoms with E-state index in [1.165, 1.54) is 0 Å². The van der Waals surface area contributed by atoms with E-state index < -0.39 is 6.10 Å². The molecule has 2 N–H and O–H groups in total. The number of rotatable bonds is 2. The SMILES string of the molecule is CC1CCOC1C(O)c1ccc2c(c1)CCC(=O)N2. The van der Waals surface area contributed by atoms with Gasteiger partial charge in [0, 0.05) is 18.7 Å².